The summed E-state index contributed by atoms with van der Waals surface area (Å²) in [6.45, 7) is 14.7. The Bertz CT molecular complexity index is 1280. The summed E-state index contributed by atoms with van der Waals surface area (Å²) in [4.78, 5) is 50.4. The van der Waals surface area contributed by atoms with Crippen molar-refractivity contribution in [2.75, 3.05) is 0 Å². The van der Waals surface area contributed by atoms with Gasteiger partial charge in [0.05, 0.1) is 12.5 Å². The minimum Gasteiger partial charge on any atom is -0.472 e. The molecular formula is C32H42O9. The molecule has 0 bridgehead atoms. The molecule has 3 aliphatic carbocycles. The van der Waals surface area contributed by atoms with Crippen LogP contribution in [0.15, 0.2) is 34.7 Å². The van der Waals surface area contributed by atoms with Crippen LogP contribution in [0.2, 0.25) is 0 Å². The Morgan fingerprint density at radius 2 is 1.46 bits per heavy atom. The summed E-state index contributed by atoms with van der Waals surface area (Å²) in [6.07, 6.45) is 4.82. The van der Waals surface area contributed by atoms with Gasteiger partial charge in [-0.2, -0.15) is 0 Å². The molecule has 41 heavy (non-hydrogen) atoms. The van der Waals surface area contributed by atoms with Crippen molar-refractivity contribution in [1.82, 2.24) is 0 Å². The second kappa shape index (κ2) is 9.73. The molecule has 9 nitrogen and oxygen atoms in total. The van der Waals surface area contributed by atoms with Crippen LogP contribution in [-0.4, -0.2) is 42.2 Å². The number of furan rings is 1. The lowest BCUT2D eigenvalue weighted by atomic mass is 9.36. The highest BCUT2D eigenvalue weighted by Gasteiger charge is 2.72. The standard InChI is InChI=1S/C32H42O9/c1-17(33)38-24-15-26(40-19(3)35)31(7)21-9-11-30(6)23(14-27(36)41-28(30)20-10-12-37-16-20)32(21,8)25(39-18(2)34)13-22(31)29(24,4)5/h10,12,14,16,21-22,24-26,28H,9,11,13,15H2,1-8H3/t21?,22?,24-,25?,26+,28-,30-,31-,32-/m1/s1. The molecule has 224 valence electrons. The number of hydrogen-bond acceptors (Lipinski definition) is 9. The van der Waals surface area contributed by atoms with Crippen LogP contribution in [-0.2, 0) is 38.1 Å². The Balaban J connectivity index is 1.70. The molecule has 9 atom stereocenters. The summed E-state index contributed by atoms with van der Waals surface area (Å²) in [7, 11) is 0. The van der Waals surface area contributed by atoms with Gasteiger partial charge >= 0.3 is 23.9 Å². The number of carbonyl (C=O) groups excluding carboxylic acids is 4. The molecule has 0 N–H and O–H groups in total. The highest BCUT2D eigenvalue weighted by Crippen LogP contribution is 2.73. The van der Waals surface area contributed by atoms with E-state index in [1.807, 2.05) is 6.07 Å². The van der Waals surface area contributed by atoms with Crippen LogP contribution in [0.3, 0.4) is 0 Å². The predicted molar refractivity (Wildman–Crippen MR) is 146 cm³/mol. The molecule has 1 aromatic rings. The number of rotatable bonds is 4. The number of hydrogen-bond donors (Lipinski definition) is 0. The average molecular weight is 571 g/mol. The van der Waals surface area contributed by atoms with E-state index < -0.39 is 70.0 Å². The fourth-order valence-electron chi connectivity index (χ4n) is 9.52. The highest BCUT2D eigenvalue weighted by molar-refractivity contribution is 5.85. The van der Waals surface area contributed by atoms with E-state index >= 15 is 0 Å². The maximum atomic E-state index is 13.2. The van der Waals surface area contributed by atoms with E-state index in [9.17, 15) is 19.2 Å². The van der Waals surface area contributed by atoms with Gasteiger partial charge in [-0.25, -0.2) is 4.79 Å². The quantitative estimate of drug-likeness (QED) is 0.343. The van der Waals surface area contributed by atoms with Crippen LogP contribution in [0, 0.1) is 33.5 Å². The number of ether oxygens (including phenoxy) is 4. The van der Waals surface area contributed by atoms with Gasteiger partial charge in [-0.15, -0.1) is 0 Å². The molecule has 0 amide bonds. The highest BCUT2D eigenvalue weighted by atomic mass is 16.6. The maximum absolute atomic E-state index is 13.2. The molecular weight excluding hydrogens is 528 g/mol. The van der Waals surface area contributed by atoms with Gasteiger partial charge in [0.15, 0.2) is 0 Å². The molecule has 3 unspecified atom stereocenters. The third kappa shape index (κ3) is 4.33. The Morgan fingerprint density at radius 1 is 0.854 bits per heavy atom. The van der Waals surface area contributed by atoms with E-state index in [1.165, 1.54) is 20.8 Å². The summed E-state index contributed by atoms with van der Waals surface area (Å²) in [5.41, 5.74) is -0.780. The van der Waals surface area contributed by atoms with Gasteiger partial charge in [-0.05, 0) is 42.7 Å². The molecule has 1 aromatic heterocycles. The molecule has 4 aliphatic rings. The van der Waals surface area contributed by atoms with E-state index in [4.69, 9.17) is 23.4 Å². The first kappa shape index (κ1) is 29.4. The topological polar surface area (TPSA) is 118 Å². The second-order valence-corrected chi connectivity index (χ2v) is 13.7. The summed E-state index contributed by atoms with van der Waals surface area (Å²) in [5.74, 6) is -1.91. The van der Waals surface area contributed by atoms with Crippen LogP contribution < -0.4 is 0 Å². The minimum absolute atomic E-state index is 0.129. The number of esters is 4. The van der Waals surface area contributed by atoms with Gasteiger partial charge < -0.3 is 23.4 Å². The molecule has 0 saturated heterocycles. The molecule has 3 fully saturated rings. The van der Waals surface area contributed by atoms with Gasteiger partial charge in [0.1, 0.15) is 24.4 Å². The molecule has 0 aromatic carbocycles. The van der Waals surface area contributed by atoms with Gasteiger partial charge in [0.2, 0.25) is 0 Å². The third-order valence-corrected chi connectivity index (χ3v) is 11.2. The van der Waals surface area contributed by atoms with E-state index in [2.05, 4.69) is 34.6 Å². The van der Waals surface area contributed by atoms with Crippen molar-refractivity contribution in [3.05, 3.63) is 35.8 Å². The number of fused-ring (bicyclic) bond motifs is 5. The third-order valence-electron chi connectivity index (χ3n) is 11.2. The predicted octanol–water partition coefficient (Wildman–Crippen LogP) is 5.48. The zero-order valence-corrected chi connectivity index (χ0v) is 25.3. The van der Waals surface area contributed by atoms with Crippen LogP contribution in [0.5, 0.6) is 0 Å². The SMILES string of the molecule is CC(=O)OC1CC2C(C)(C)[C@H](OC(C)=O)C[C@H](OC(C)=O)[C@]2(C)C2CC[C@]3(C)C(=CC(=O)O[C@@H]3c3ccoc3)[C@]12C. The molecule has 1 aliphatic heterocycles. The van der Waals surface area contributed by atoms with Crippen molar-refractivity contribution >= 4 is 23.9 Å². The molecule has 9 heteroatoms. The van der Waals surface area contributed by atoms with Crippen molar-refractivity contribution in [1.29, 1.82) is 0 Å². The smallest absolute Gasteiger partial charge is 0.331 e. The fraction of sp³-hybridized carbons (Fsp3) is 0.688. The minimum atomic E-state index is -0.770. The Labute approximate surface area is 241 Å². The number of cyclic esters (lactones) is 1. The van der Waals surface area contributed by atoms with Crippen LogP contribution in [0.4, 0.5) is 0 Å². The lowest BCUT2D eigenvalue weighted by molar-refractivity contribution is -0.264. The van der Waals surface area contributed by atoms with Crippen LogP contribution >= 0.6 is 0 Å². The maximum Gasteiger partial charge on any atom is 0.331 e. The Morgan fingerprint density at radius 3 is 2.05 bits per heavy atom. The average Bonchev–Trinajstić information content (AvgIpc) is 3.38. The first-order valence-electron chi connectivity index (χ1n) is 14.5. The van der Waals surface area contributed by atoms with Crippen LogP contribution in [0.25, 0.3) is 0 Å². The molecule has 0 spiro atoms. The fourth-order valence-corrected chi connectivity index (χ4v) is 9.52. The van der Waals surface area contributed by atoms with Crippen molar-refractivity contribution in [2.45, 2.75) is 105 Å². The monoisotopic (exact) mass is 570 g/mol. The largest absolute Gasteiger partial charge is 0.472 e. The molecule has 3 saturated carbocycles. The van der Waals surface area contributed by atoms with Crippen molar-refractivity contribution in [3.63, 3.8) is 0 Å². The Hall–Kier alpha value is -3.10. The van der Waals surface area contributed by atoms with Gasteiger partial charge in [0.25, 0.3) is 0 Å². The van der Waals surface area contributed by atoms with E-state index in [0.717, 1.165) is 11.1 Å². The van der Waals surface area contributed by atoms with E-state index in [0.29, 0.717) is 25.7 Å². The van der Waals surface area contributed by atoms with Gasteiger partial charge in [-0.3, -0.25) is 14.4 Å². The molecule has 5 rings (SSSR count). The first-order chi connectivity index (χ1) is 19.1. The lowest BCUT2D eigenvalue weighted by Gasteiger charge is -2.70. The lowest BCUT2D eigenvalue weighted by Crippen LogP contribution is -2.70. The van der Waals surface area contributed by atoms with Crippen molar-refractivity contribution in [3.8, 4) is 0 Å². The van der Waals surface area contributed by atoms with Gasteiger partial charge in [0, 0.05) is 60.5 Å². The zero-order chi connectivity index (χ0) is 30.1. The van der Waals surface area contributed by atoms with E-state index in [1.54, 1.807) is 18.6 Å². The number of carbonyl (C=O) groups is 4. The molecule has 0 radical (unpaired) electrons. The zero-order valence-electron chi connectivity index (χ0n) is 25.3. The summed E-state index contributed by atoms with van der Waals surface area (Å²) >= 11 is 0. The summed E-state index contributed by atoms with van der Waals surface area (Å²) in [5, 5.41) is 0. The Kier molecular flexibility index (Phi) is 6.98. The van der Waals surface area contributed by atoms with Crippen molar-refractivity contribution in [2.24, 2.45) is 33.5 Å². The summed E-state index contributed by atoms with van der Waals surface area (Å²) in [6, 6.07) is 1.82. The second-order valence-electron chi connectivity index (χ2n) is 13.7. The van der Waals surface area contributed by atoms with Crippen LogP contribution in [0.1, 0.15) is 92.7 Å². The first-order valence-corrected chi connectivity index (χ1v) is 14.5. The van der Waals surface area contributed by atoms with Crippen molar-refractivity contribution < 1.29 is 42.5 Å². The normalized spacial score (nSPS) is 41.0. The molecule has 2 heterocycles. The summed E-state index contributed by atoms with van der Waals surface area (Å²) < 4.78 is 29.4. The van der Waals surface area contributed by atoms with Gasteiger partial charge in [-0.1, -0.05) is 34.6 Å². The van der Waals surface area contributed by atoms with E-state index in [-0.39, 0.29) is 11.8 Å².